The van der Waals surface area contributed by atoms with Crippen molar-refractivity contribution in [2.75, 3.05) is 6.54 Å². The van der Waals surface area contributed by atoms with Crippen molar-refractivity contribution in [2.45, 2.75) is 25.9 Å². The molecule has 0 bridgehead atoms. The molecule has 2 rings (SSSR count). The molecule has 5 heteroatoms. The number of carbonyl (C=O) groups is 2. The fourth-order valence-electron chi connectivity index (χ4n) is 2.09. The maximum Gasteiger partial charge on any atom is 0.243 e. The molecule has 1 aliphatic heterocycles. The third kappa shape index (κ3) is 2.82. The summed E-state index contributed by atoms with van der Waals surface area (Å²) in [4.78, 5) is 25.3. The number of benzene rings is 1. The Labute approximate surface area is 120 Å². The summed E-state index contributed by atoms with van der Waals surface area (Å²) >= 11 is 2.24. The summed E-state index contributed by atoms with van der Waals surface area (Å²) in [5.74, 6) is -0.0670. The van der Waals surface area contributed by atoms with Gasteiger partial charge in [-0.2, -0.15) is 0 Å². The molecule has 1 fully saturated rings. The average Bonchev–Trinajstić information content (AvgIpc) is 2.37. The third-order valence-electron chi connectivity index (χ3n) is 3.07. The van der Waals surface area contributed by atoms with Crippen molar-refractivity contribution in [1.82, 2.24) is 10.2 Å². The molecule has 96 valence electrons. The normalized spacial score (nSPS) is 19.9. The Kier molecular flexibility index (Phi) is 4.21. The Bertz CT molecular complexity index is 459. The van der Waals surface area contributed by atoms with Crippen LogP contribution in [0, 0.1) is 3.57 Å². The number of amides is 2. The summed E-state index contributed by atoms with van der Waals surface area (Å²) in [5, 5.41) is 2.63. The van der Waals surface area contributed by atoms with Crippen molar-refractivity contribution in [1.29, 1.82) is 0 Å². The largest absolute Gasteiger partial charge is 0.345 e. The summed E-state index contributed by atoms with van der Waals surface area (Å²) in [7, 11) is 0. The molecule has 0 saturated carbocycles. The standard InChI is InChI=1S/C13H15IN2O2/c1-2-11-13(18)15-7-12(17)16(11)8-9-3-5-10(14)6-4-9/h3-6,11H,2,7-8H2,1H3,(H,15,18). The highest BCUT2D eigenvalue weighted by atomic mass is 127. The molecule has 4 nitrogen and oxygen atoms in total. The second kappa shape index (κ2) is 5.69. The van der Waals surface area contributed by atoms with Crippen molar-refractivity contribution >= 4 is 34.4 Å². The van der Waals surface area contributed by atoms with E-state index in [0.29, 0.717) is 13.0 Å². The lowest BCUT2D eigenvalue weighted by molar-refractivity contribution is -0.146. The fourth-order valence-corrected chi connectivity index (χ4v) is 2.45. The average molecular weight is 358 g/mol. The Hall–Kier alpha value is -1.11. The second-order valence-electron chi connectivity index (χ2n) is 4.29. The minimum absolute atomic E-state index is 0.0139. The van der Waals surface area contributed by atoms with Gasteiger partial charge in [-0.05, 0) is 46.7 Å². The van der Waals surface area contributed by atoms with E-state index in [4.69, 9.17) is 0 Å². The monoisotopic (exact) mass is 358 g/mol. The molecule has 0 spiro atoms. The van der Waals surface area contributed by atoms with Gasteiger partial charge in [-0.3, -0.25) is 9.59 Å². The molecule has 1 aromatic rings. The van der Waals surface area contributed by atoms with Gasteiger partial charge in [0.1, 0.15) is 6.04 Å². The maximum atomic E-state index is 11.9. The highest BCUT2D eigenvalue weighted by Gasteiger charge is 2.32. The SMILES string of the molecule is CCC1C(=O)NCC(=O)N1Cc1ccc(I)cc1. The first-order valence-electron chi connectivity index (χ1n) is 5.93. The van der Waals surface area contributed by atoms with E-state index in [-0.39, 0.29) is 24.4 Å². The molecule has 1 aliphatic rings. The molecule has 0 aromatic heterocycles. The van der Waals surface area contributed by atoms with Crippen LogP contribution in [0.5, 0.6) is 0 Å². The van der Waals surface area contributed by atoms with E-state index in [9.17, 15) is 9.59 Å². The molecule has 1 unspecified atom stereocenters. The van der Waals surface area contributed by atoms with Crippen LogP contribution in [-0.2, 0) is 16.1 Å². The maximum absolute atomic E-state index is 11.9. The van der Waals surface area contributed by atoms with E-state index in [1.165, 1.54) is 0 Å². The summed E-state index contributed by atoms with van der Waals surface area (Å²) in [5.41, 5.74) is 1.05. The Morgan fingerprint density at radius 2 is 2.00 bits per heavy atom. The van der Waals surface area contributed by atoms with Crippen LogP contribution >= 0.6 is 22.6 Å². The third-order valence-corrected chi connectivity index (χ3v) is 3.79. The first-order valence-corrected chi connectivity index (χ1v) is 7.01. The van der Waals surface area contributed by atoms with Crippen molar-refractivity contribution in [3.05, 3.63) is 33.4 Å². The van der Waals surface area contributed by atoms with Gasteiger partial charge in [0.15, 0.2) is 0 Å². The Morgan fingerprint density at radius 3 is 2.61 bits per heavy atom. The Morgan fingerprint density at radius 1 is 1.33 bits per heavy atom. The number of nitrogens with zero attached hydrogens (tertiary/aromatic N) is 1. The van der Waals surface area contributed by atoms with E-state index in [0.717, 1.165) is 9.13 Å². The minimum atomic E-state index is -0.342. The van der Waals surface area contributed by atoms with Crippen molar-refractivity contribution in [3.8, 4) is 0 Å². The van der Waals surface area contributed by atoms with Crippen molar-refractivity contribution < 1.29 is 9.59 Å². The number of carbonyl (C=O) groups excluding carboxylic acids is 2. The van der Waals surface area contributed by atoms with Gasteiger partial charge < -0.3 is 10.2 Å². The molecule has 2 amide bonds. The van der Waals surface area contributed by atoms with Crippen LogP contribution in [0.4, 0.5) is 0 Å². The second-order valence-corrected chi connectivity index (χ2v) is 5.54. The molecule has 1 heterocycles. The van der Waals surface area contributed by atoms with Gasteiger partial charge in [0.25, 0.3) is 0 Å². The van der Waals surface area contributed by atoms with E-state index >= 15 is 0 Å². The summed E-state index contributed by atoms with van der Waals surface area (Å²) in [6.45, 7) is 2.53. The highest BCUT2D eigenvalue weighted by molar-refractivity contribution is 14.1. The van der Waals surface area contributed by atoms with Crippen LogP contribution in [0.25, 0.3) is 0 Å². The van der Waals surface area contributed by atoms with Gasteiger partial charge in [0, 0.05) is 10.1 Å². The molecule has 18 heavy (non-hydrogen) atoms. The molecule has 1 N–H and O–H groups in total. The molecular formula is C13H15IN2O2. The smallest absolute Gasteiger partial charge is 0.243 e. The van der Waals surface area contributed by atoms with Crippen LogP contribution in [0.3, 0.4) is 0 Å². The topological polar surface area (TPSA) is 49.4 Å². The van der Waals surface area contributed by atoms with Gasteiger partial charge in [-0.1, -0.05) is 19.1 Å². The van der Waals surface area contributed by atoms with Crippen LogP contribution in [0.15, 0.2) is 24.3 Å². The van der Waals surface area contributed by atoms with Gasteiger partial charge in [-0.15, -0.1) is 0 Å². The van der Waals surface area contributed by atoms with Gasteiger partial charge in [0.2, 0.25) is 11.8 Å². The van der Waals surface area contributed by atoms with Crippen LogP contribution < -0.4 is 5.32 Å². The molecule has 1 saturated heterocycles. The lowest BCUT2D eigenvalue weighted by Crippen LogP contribution is -2.57. The number of nitrogens with one attached hydrogen (secondary N) is 1. The zero-order valence-corrected chi connectivity index (χ0v) is 12.3. The summed E-state index contributed by atoms with van der Waals surface area (Å²) in [6, 6.07) is 7.66. The predicted molar refractivity (Wildman–Crippen MR) is 76.8 cm³/mol. The summed E-state index contributed by atoms with van der Waals surface area (Å²) in [6.07, 6.45) is 0.641. The fraction of sp³-hybridized carbons (Fsp3) is 0.385. The van der Waals surface area contributed by atoms with Crippen LogP contribution in [-0.4, -0.2) is 29.3 Å². The zero-order chi connectivity index (χ0) is 13.1. The highest BCUT2D eigenvalue weighted by Crippen LogP contribution is 2.15. The quantitative estimate of drug-likeness (QED) is 0.834. The molecule has 0 radical (unpaired) electrons. The summed E-state index contributed by atoms with van der Waals surface area (Å²) < 4.78 is 1.16. The van der Waals surface area contributed by atoms with E-state index < -0.39 is 0 Å². The van der Waals surface area contributed by atoms with Crippen molar-refractivity contribution in [3.63, 3.8) is 0 Å². The van der Waals surface area contributed by atoms with Gasteiger partial charge in [-0.25, -0.2) is 0 Å². The van der Waals surface area contributed by atoms with Crippen LogP contribution in [0.1, 0.15) is 18.9 Å². The molecule has 1 atom stereocenters. The number of rotatable bonds is 3. The number of piperazine rings is 1. The van der Waals surface area contributed by atoms with E-state index in [2.05, 4.69) is 27.9 Å². The molecular weight excluding hydrogens is 343 g/mol. The van der Waals surface area contributed by atoms with Gasteiger partial charge in [0.05, 0.1) is 6.54 Å². The zero-order valence-electron chi connectivity index (χ0n) is 10.1. The Balaban J connectivity index is 2.16. The molecule has 0 aliphatic carbocycles. The first kappa shape index (κ1) is 13.3. The van der Waals surface area contributed by atoms with Gasteiger partial charge >= 0.3 is 0 Å². The number of hydrogen-bond donors (Lipinski definition) is 1. The lowest BCUT2D eigenvalue weighted by Gasteiger charge is -2.34. The van der Waals surface area contributed by atoms with E-state index in [1.54, 1.807) is 4.90 Å². The number of hydrogen-bond acceptors (Lipinski definition) is 2. The number of halogens is 1. The first-order chi connectivity index (χ1) is 8.61. The molecule has 1 aromatic carbocycles. The lowest BCUT2D eigenvalue weighted by atomic mass is 10.1. The minimum Gasteiger partial charge on any atom is -0.345 e. The van der Waals surface area contributed by atoms with E-state index in [1.807, 2.05) is 31.2 Å². The van der Waals surface area contributed by atoms with Crippen LogP contribution in [0.2, 0.25) is 0 Å². The van der Waals surface area contributed by atoms with Crippen molar-refractivity contribution in [2.24, 2.45) is 0 Å². The predicted octanol–water partition coefficient (Wildman–Crippen LogP) is 1.53.